The van der Waals surface area contributed by atoms with Gasteiger partial charge in [-0.25, -0.2) is 13.4 Å². The molecule has 1 atom stereocenters. The predicted molar refractivity (Wildman–Crippen MR) is 144 cm³/mol. The summed E-state index contributed by atoms with van der Waals surface area (Å²) in [5, 5.41) is 11.6. The summed E-state index contributed by atoms with van der Waals surface area (Å²) in [5.41, 5.74) is 3.64. The number of fused-ring (bicyclic) bond motifs is 4. The number of rotatable bonds is 6. The molecule has 0 saturated carbocycles. The van der Waals surface area contributed by atoms with Gasteiger partial charge in [-0.3, -0.25) is 4.90 Å². The molecule has 0 unspecified atom stereocenters. The zero-order valence-electron chi connectivity index (χ0n) is 21.7. The van der Waals surface area contributed by atoms with Crippen LogP contribution < -0.4 is 4.74 Å². The highest BCUT2D eigenvalue weighted by Gasteiger charge is 2.51. The van der Waals surface area contributed by atoms with Crippen molar-refractivity contribution < 1.29 is 18.3 Å². The van der Waals surface area contributed by atoms with Gasteiger partial charge in [0.15, 0.2) is 5.03 Å². The first-order valence-electron chi connectivity index (χ1n) is 12.9. The molecule has 2 aromatic heterocycles. The van der Waals surface area contributed by atoms with Crippen molar-refractivity contribution >= 4 is 20.9 Å². The van der Waals surface area contributed by atoms with E-state index in [9.17, 15) is 13.5 Å². The number of likely N-dealkylation sites (tertiary alicyclic amines) is 1. The lowest BCUT2D eigenvalue weighted by Gasteiger charge is -2.49. The van der Waals surface area contributed by atoms with Crippen LogP contribution in [0.5, 0.6) is 5.75 Å². The second-order valence-electron chi connectivity index (χ2n) is 10.5. The molecule has 0 aliphatic carbocycles. The largest absolute Gasteiger partial charge is 0.497 e. The van der Waals surface area contributed by atoms with Crippen molar-refractivity contribution in [1.29, 1.82) is 0 Å². The Hall–Kier alpha value is -3.18. The second-order valence-corrected chi connectivity index (χ2v) is 12.3. The Balaban J connectivity index is 1.44. The third-order valence-electron chi connectivity index (χ3n) is 8.19. The van der Waals surface area contributed by atoms with Crippen LogP contribution in [0.15, 0.2) is 66.1 Å². The number of ether oxygens (including phenoxy) is 1. The molecule has 4 aromatic rings. The van der Waals surface area contributed by atoms with Gasteiger partial charge in [-0.15, -0.1) is 0 Å². The Kier molecular flexibility index (Phi) is 6.30. The molecule has 0 bridgehead atoms. The van der Waals surface area contributed by atoms with Crippen molar-refractivity contribution in [1.82, 2.24) is 23.7 Å². The van der Waals surface area contributed by atoms with E-state index in [1.54, 1.807) is 18.7 Å². The van der Waals surface area contributed by atoms with E-state index in [4.69, 9.17) is 4.74 Å². The molecule has 6 rings (SSSR count). The monoisotopic (exact) mass is 535 g/mol. The first-order chi connectivity index (χ1) is 18.3. The van der Waals surface area contributed by atoms with Gasteiger partial charge in [0.25, 0.3) is 10.0 Å². The molecular weight excluding hydrogens is 502 g/mol. The number of hydrogen-bond donors (Lipinski definition) is 2. The lowest BCUT2D eigenvalue weighted by Crippen LogP contribution is -2.55. The van der Waals surface area contributed by atoms with Crippen molar-refractivity contribution in [2.45, 2.75) is 35.9 Å². The number of hydrogen-bond acceptors (Lipinski definition) is 6. The molecule has 2 aliphatic rings. The van der Waals surface area contributed by atoms with E-state index < -0.39 is 21.5 Å². The molecule has 9 nitrogen and oxygen atoms in total. The number of imidazole rings is 1. The molecule has 2 N–H and O–H groups in total. The standard InChI is InChI=1S/C28H33N5O4S/c1-31-16-25(29-19-31)38(35,36)33-18-28(10-12-32(13-11-28)15-20-6-4-3-5-7-20)26-22-9-8-21(37-2)14-23(22)30-27(26)24(33)17-34/h3-9,14,16,19,24,30,34H,10-13,15,17-18H2,1-2H3/t24-/m1/s1. The average Bonchev–Trinajstić information content (AvgIpc) is 3.55. The van der Waals surface area contributed by atoms with Gasteiger partial charge in [0, 0.05) is 54.4 Å². The average molecular weight is 536 g/mol. The zero-order valence-corrected chi connectivity index (χ0v) is 22.5. The van der Waals surface area contributed by atoms with E-state index >= 15 is 0 Å². The van der Waals surface area contributed by atoms with Gasteiger partial charge in [-0.05, 0) is 49.2 Å². The fraction of sp³-hybridized carbons (Fsp3) is 0.393. The molecule has 10 heteroatoms. The van der Waals surface area contributed by atoms with Crippen molar-refractivity contribution in [3.63, 3.8) is 0 Å². The van der Waals surface area contributed by atoms with Crippen LogP contribution >= 0.6 is 0 Å². The third-order valence-corrected chi connectivity index (χ3v) is 9.93. The minimum absolute atomic E-state index is 0.00339. The number of aromatic amines is 1. The van der Waals surface area contributed by atoms with Crippen LogP contribution in [0.4, 0.5) is 0 Å². The van der Waals surface area contributed by atoms with E-state index in [0.717, 1.165) is 60.4 Å². The van der Waals surface area contributed by atoms with Crippen molar-refractivity contribution in [3.05, 3.63) is 77.9 Å². The SMILES string of the molecule is COc1ccc2c3c([nH]c2c1)[C@@H](CO)N(S(=O)(=O)c1cn(C)cn1)CC31CCN(Cc2ccccc2)CC1. The van der Waals surface area contributed by atoms with Gasteiger partial charge in [-0.2, -0.15) is 4.31 Å². The summed E-state index contributed by atoms with van der Waals surface area (Å²) >= 11 is 0. The van der Waals surface area contributed by atoms with E-state index in [2.05, 4.69) is 45.2 Å². The van der Waals surface area contributed by atoms with E-state index in [0.29, 0.717) is 6.54 Å². The number of sulfonamides is 1. The van der Waals surface area contributed by atoms with Gasteiger partial charge in [0.2, 0.25) is 0 Å². The number of nitrogens with zero attached hydrogens (tertiary/aromatic N) is 4. The Labute approximate surface area is 222 Å². The molecule has 0 radical (unpaired) electrons. The molecule has 2 aromatic carbocycles. The van der Waals surface area contributed by atoms with Gasteiger partial charge in [-0.1, -0.05) is 30.3 Å². The maximum atomic E-state index is 13.9. The number of aliphatic hydroxyl groups is 1. The van der Waals surface area contributed by atoms with Crippen LogP contribution in [0.3, 0.4) is 0 Å². The van der Waals surface area contributed by atoms with Crippen molar-refractivity contribution in [3.8, 4) is 5.75 Å². The van der Waals surface area contributed by atoms with E-state index in [1.807, 2.05) is 18.2 Å². The van der Waals surface area contributed by atoms with Crippen LogP contribution in [-0.4, -0.2) is 70.6 Å². The highest BCUT2D eigenvalue weighted by molar-refractivity contribution is 7.89. The number of aliphatic hydroxyl groups excluding tert-OH is 1. The summed E-state index contributed by atoms with van der Waals surface area (Å²) < 4.78 is 36.4. The summed E-state index contributed by atoms with van der Waals surface area (Å²) in [6.45, 7) is 2.52. The Bertz CT molecular complexity index is 1550. The molecule has 38 heavy (non-hydrogen) atoms. The van der Waals surface area contributed by atoms with Crippen LogP contribution in [0.2, 0.25) is 0 Å². The lowest BCUT2D eigenvalue weighted by molar-refractivity contribution is 0.0931. The molecule has 1 fully saturated rings. The summed E-state index contributed by atoms with van der Waals surface area (Å²) in [6.07, 6.45) is 4.62. The molecule has 0 amide bonds. The summed E-state index contributed by atoms with van der Waals surface area (Å²) in [6, 6.07) is 15.6. The van der Waals surface area contributed by atoms with Crippen molar-refractivity contribution in [2.75, 3.05) is 33.4 Å². The topological polar surface area (TPSA) is 104 Å². The van der Waals surface area contributed by atoms with Gasteiger partial charge in [0.05, 0.1) is 26.1 Å². The highest BCUT2D eigenvalue weighted by atomic mass is 32.2. The first-order valence-corrected chi connectivity index (χ1v) is 14.4. The second kappa shape index (κ2) is 9.53. The van der Waals surface area contributed by atoms with Crippen LogP contribution in [-0.2, 0) is 29.0 Å². The quantitative estimate of drug-likeness (QED) is 0.393. The molecule has 200 valence electrons. The molecule has 1 saturated heterocycles. The highest BCUT2D eigenvalue weighted by Crippen LogP contribution is 2.50. The number of nitrogens with one attached hydrogen (secondary N) is 1. The predicted octanol–water partition coefficient (Wildman–Crippen LogP) is 3.18. The fourth-order valence-corrected chi connectivity index (χ4v) is 7.89. The number of H-pyrrole nitrogens is 1. The third kappa shape index (κ3) is 4.12. The van der Waals surface area contributed by atoms with Gasteiger partial charge >= 0.3 is 0 Å². The molecule has 4 heterocycles. The first kappa shape index (κ1) is 25.1. The number of benzene rings is 2. The smallest absolute Gasteiger partial charge is 0.262 e. The van der Waals surface area contributed by atoms with E-state index in [-0.39, 0.29) is 11.6 Å². The van der Waals surface area contributed by atoms with Crippen LogP contribution in [0, 0.1) is 0 Å². The minimum atomic E-state index is -3.95. The minimum Gasteiger partial charge on any atom is -0.497 e. The van der Waals surface area contributed by atoms with Crippen LogP contribution in [0.25, 0.3) is 10.9 Å². The maximum Gasteiger partial charge on any atom is 0.262 e. The van der Waals surface area contributed by atoms with Gasteiger partial charge in [0.1, 0.15) is 5.75 Å². The Morgan fingerprint density at radius 1 is 1.16 bits per heavy atom. The Morgan fingerprint density at radius 2 is 1.92 bits per heavy atom. The summed E-state index contributed by atoms with van der Waals surface area (Å²) in [7, 11) is -0.570. The normalized spacial score (nSPS) is 20.1. The lowest BCUT2D eigenvalue weighted by atomic mass is 9.69. The van der Waals surface area contributed by atoms with Crippen LogP contribution in [0.1, 0.15) is 35.7 Å². The number of methoxy groups -OCH3 is 1. The summed E-state index contributed by atoms with van der Waals surface area (Å²) in [4.78, 5) is 10.1. The Morgan fingerprint density at radius 3 is 2.58 bits per heavy atom. The number of aryl methyl sites for hydroxylation is 1. The van der Waals surface area contributed by atoms with Gasteiger partial charge < -0.3 is 19.4 Å². The number of aromatic nitrogens is 3. The molecular formula is C28H33N5O4S. The fourth-order valence-electron chi connectivity index (χ4n) is 6.24. The molecule has 1 spiro atoms. The van der Waals surface area contributed by atoms with E-state index in [1.165, 1.54) is 22.4 Å². The number of piperidine rings is 1. The molecule has 2 aliphatic heterocycles. The zero-order chi connectivity index (χ0) is 26.5. The summed E-state index contributed by atoms with van der Waals surface area (Å²) in [5.74, 6) is 0.723. The maximum absolute atomic E-state index is 13.9. The van der Waals surface area contributed by atoms with Crippen molar-refractivity contribution in [2.24, 2.45) is 7.05 Å².